The van der Waals surface area contributed by atoms with Crippen molar-refractivity contribution in [2.24, 2.45) is 0 Å². The Morgan fingerprint density at radius 3 is 2.75 bits per heavy atom. The van der Waals surface area contributed by atoms with E-state index in [1.807, 2.05) is 44.6 Å². The number of fused-ring (bicyclic) bond motifs is 1. The molecule has 0 atom stereocenters. The standard InChI is InChI=1S/C25H26FN5O/c1-17-14-19(7-8-22(17)26)23-21(6-4-10-27-23)18-9-13-31-20(15-18)16-29-24(31)25(32)28-11-5-12-30(2)3/h4,6-10,13-16H,5,11-12H2,1-3H3,(H,28,32). The summed E-state index contributed by atoms with van der Waals surface area (Å²) in [6.07, 6.45) is 6.14. The lowest BCUT2D eigenvalue weighted by atomic mass is 9.99. The number of hydrogen-bond donors (Lipinski definition) is 1. The largest absolute Gasteiger partial charge is 0.349 e. The fourth-order valence-corrected chi connectivity index (χ4v) is 3.67. The number of rotatable bonds is 7. The summed E-state index contributed by atoms with van der Waals surface area (Å²) in [5.74, 6) is -0.0724. The number of nitrogens with one attached hydrogen (secondary N) is 1. The van der Waals surface area contributed by atoms with Crippen molar-refractivity contribution < 1.29 is 9.18 Å². The van der Waals surface area contributed by atoms with E-state index in [4.69, 9.17) is 0 Å². The summed E-state index contributed by atoms with van der Waals surface area (Å²) in [4.78, 5) is 23.5. The Hall–Kier alpha value is -3.58. The molecule has 6 nitrogen and oxygen atoms in total. The van der Waals surface area contributed by atoms with Gasteiger partial charge in [0.05, 0.1) is 17.4 Å². The molecule has 0 fully saturated rings. The SMILES string of the molecule is Cc1cc(-c2ncccc2-c2ccn3c(C(=O)NCCCN(C)C)ncc3c2)ccc1F. The number of nitrogens with zero attached hydrogens (tertiary/aromatic N) is 4. The summed E-state index contributed by atoms with van der Waals surface area (Å²) >= 11 is 0. The summed E-state index contributed by atoms with van der Waals surface area (Å²) in [7, 11) is 4.01. The smallest absolute Gasteiger partial charge is 0.287 e. The van der Waals surface area contributed by atoms with Crippen LogP contribution in [-0.4, -0.2) is 52.4 Å². The maximum absolute atomic E-state index is 13.7. The molecular formula is C25H26FN5O. The van der Waals surface area contributed by atoms with E-state index in [1.165, 1.54) is 6.07 Å². The minimum atomic E-state index is -0.237. The minimum absolute atomic E-state index is 0.194. The van der Waals surface area contributed by atoms with Crippen molar-refractivity contribution in [2.75, 3.05) is 27.2 Å². The zero-order valence-corrected chi connectivity index (χ0v) is 18.5. The Labute approximate surface area is 186 Å². The van der Waals surface area contributed by atoms with Gasteiger partial charge in [-0.2, -0.15) is 0 Å². The number of carbonyl (C=O) groups is 1. The average Bonchev–Trinajstić information content (AvgIpc) is 3.22. The Balaban J connectivity index is 1.62. The molecule has 0 unspecified atom stereocenters. The van der Waals surface area contributed by atoms with Crippen LogP contribution in [0.3, 0.4) is 0 Å². The third kappa shape index (κ3) is 4.53. The van der Waals surface area contributed by atoms with Crippen molar-refractivity contribution in [1.29, 1.82) is 0 Å². The second kappa shape index (κ2) is 9.28. The second-order valence-electron chi connectivity index (χ2n) is 8.07. The van der Waals surface area contributed by atoms with E-state index < -0.39 is 0 Å². The van der Waals surface area contributed by atoms with Gasteiger partial charge in [0.25, 0.3) is 5.91 Å². The highest BCUT2D eigenvalue weighted by molar-refractivity contribution is 5.92. The molecule has 1 aromatic carbocycles. The highest BCUT2D eigenvalue weighted by atomic mass is 19.1. The molecule has 3 aromatic heterocycles. The Bertz CT molecular complexity index is 1260. The van der Waals surface area contributed by atoms with Crippen molar-refractivity contribution in [1.82, 2.24) is 24.6 Å². The molecule has 1 amide bonds. The third-order valence-electron chi connectivity index (χ3n) is 5.35. The highest BCUT2D eigenvalue weighted by Crippen LogP contribution is 2.31. The summed E-state index contributed by atoms with van der Waals surface area (Å²) in [5.41, 5.74) is 4.89. The summed E-state index contributed by atoms with van der Waals surface area (Å²) < 4.78 is 15.5. The van der Waals surface area contributed by atoms with Crippen LogP contribution in [0, 0.1) is 12.7 Å². The lowest BCUT2D eigenvalue weighted by Gasteiger charge is -2.11. The van der Waals surface area contributed by atoms with Crippen molar-refractivity contribution >= 4 is 11.4 Å². The first-order valence-corrected chi connectivity index (χ1v) is 10.6. The van der Waals surface area contributed by atoms with E-state index in [0.29, 0.717) is 17.9 Å². The molecule has 0 aliphatic heterocycles. The second-order valence-corrected chi connectivity index (χ2v) is 8.07. The van der Waals surface area contributed by atoms with Crippen molar-refractivity contribution in [2.45, 2.75) is 13.3 Å². The molecule has 0 aliphatic rings. The van der Waals surface area contributed by atoms with Crippen molar-refractivity contribution in [3.8, 4) is 22.4 Å². The number of pyridine rings is 2. The average molecular weight is 432 g/mol. The molecule has 4 rings (SSSR count). The fourth-order valence-electron chi connectivity index (χ4n) is 3.67. The number of halogens is 1. The van der Waals surface area contributed by atoms with Gasteiger partial charge in [-0.15, -0.1) is 0 Å². The van der Waals surface area contributed by atoms with Crippen molar-refractivity contribution in [3.63, 3.8) is 0 Å². The summed E-state index contributed by atoms with van der Waals surface area (Å²) in [6, 6.07) is 12.8. The quantitative estimate of drug-likeness (QED) is 0.446. The number of aryl methyl sites for hydroxylation is 1. The molecule has 0 aliphatic carbocycles. The van der Waals surface area contributed by atoms with E-state index in [0.717, 1.165) is 40.9 Å². The first-order chi connectivity index (χ1) is 15.4. The molecule has 32 heavy (non-hydrogen) atoms. The van der Waals surface area contributed by atoms with Crippen LogP contribution in [0.5, 0.6) is 0 Å². The molecule has 0 saturated carbocycles. The monoisotopic (exact) mass is 431 g/mol. The fraction of sp³-hybridized carbons (Fsp3) is 0.240. The van der Waals surface area contributed by atoms with Gasteiger partial charge in [-0.05, 0) is 81.5 Å². The number of aromatic nitrogens is 3. The van der Waals surface area contributed by atoms with Crippen LogP contribution in [0.25, 0.3) is 27.9 Å². The highest BCUT2D eigenvalue weighted by Gasteiger charge is 2.15. The van der Waals surface area contributed by atoms with Crippen LogP contribution in [-0.2, 0) is 0 Å². The molecule has 0 spiro atoms. The van der Waals surface area contributed by atoms with Crippen molar-refractivity contribution in [3.05, 3.63) is 78.3 Å². The van der Waals surface area contributed by atoms with Gasteiger partial charge in [-0.1, -0.05) is 6.07 Å². The van der Waals surface area contributed by atoms with Gasteiger partial charge in [-0.3, -0.25) is 14.2 Å². The number of benzene rings is 1. The number of amides is 1. The Kier molecular flexibility index (Phi) is 6.28. The van der Waals surface area contributed by atoms with Gasteiger partial charge in [-0.25, -0.2) is 9.37 Å². The lowest BCUT2D eigenvalue weighted by Crippen LogP contribution is -2.28. The molecule has 0 bridgehead atoms. The van der Waals surface area contributed by atoms with Crippen LogP contribution in [0.4, 0.5) is 4.39 Å². The van der Waals surface area contributed by atoms with Gasteiger partial charge >= 0.3 is 0 Å². The minimum Gasteiger partial charge on any atom is -0.349 e. The molecule has 1 N–H and O–H groups in total. The predicted molar refractivity (Wildman–Crippen MR) is 124 cm³/mol. The number of hydrogen-bond acceptors (Lipinski definition) is 4. The maximum atomic E-state index is 13.7. The molecule has 4 aromatic rings. The van der Waals surface area contributed by atoms with Crippen LogP contribution in [0.15, 0.2) is 61.1 Å². The number of imidazole rings is 1. The Morgan fingerprint density at radius 1 is 1.12 bits per heavy atom. The van der Waals surface area contributed by atoms with Crippen LogP contribution in [0.2, 0.25) is 0 Å². The third-order valence-corrected chi connectivity index (χ3v) is 5.35. The summed E-state index contributed by atoms with van der Waals surface area (Å²) in [6.45, 7) is 3.25. The van der Waals surface area contributed by atoms with Crippen LogP contribution in [0.1, 0.15) is 22.6 Å². The first kappa shape index (κ1) is 21.6. The van der Waals surface area contributed by atoms with Gasteiger partial charge in [0.1, 0.15) is 5.82 Å². The van der Waals surface area contributed by atoms with E-state index in [-0.39, 0.29) is 11.7 Å². The van der Waals surface area contributed by atoms with Crippen LogP contribution >= 0.6 is 0 Å². The zero-order chi connectivity index (χ0) is 22.7. The molecule has 7 heteroatoms. The normalized spacial score (nSPS) is 11.3. The van der Waals surface area contributed by atoms with E-state index in [2.05, 4.69) is 20.2 Å². The molecular weight excluding hydrogens is 405 g/mol. The number of carbonyl (C=O) groups excluding carboxylic acids is 1. The first-order valence-electron chi connectivity index (χ1n) is 10.6. The molecule has 3 heterocycles. The Morgan fingerprint density at radius 2 is 1.97 bits per heavy atom. The van der Waals surface area contributed by atoms with E-state index in [9.17, 15) is 9.18 Å². The lowest BCUT2D eigenvalue weighted by molar-refractivity contribution is 0.0941. The topological polar surface area (TPSA) is 62.5 Å². The van der Waals surface area contributed by atoms with Crippen LogP contribution < -0.4 is 5.32 Å². The zero-order valence-electron chi connectivity index (χ0n) is 18.5. The van der Waals surface area contributed by atoms with Gasteiger partial charge in [0, 0.05) is 30.1 Å². The van der Waals surface area contributed by atoms with Gasteiger partial charge in [0.15, 0.2) is 0 Å². The van der Waals surface area contributed by atoms with Gasteiger partial charge in [0.2, 0.25) is 5.82 Å². The molecule has 0 saturated heterocycles. The molecule has 164 valence electrons. The predicted octanol–water partition coefficient (Wildman–Crippen LogP) is 4.19. The molecule has 0 radical (unpaired) electrons. The van der Waals surface area contributed by atoms with E-state index in [1.54, 1.807) is 35.9 Å². The summed E-state index contributed by atoms with van der Waals surface area (Å²) in [5, 5.41) is 2.93. The maximum Gasteiger partial charge on any atom is 0.287 e. The van der Waals surface area contributed by atoms with Gasteiger partial charge < -0.3 is 10.2 Å². The van der Waals surface area contributed by atoms with E-state index >= 15 is 0 Å².